The first kappa shape index (κ1) is 17.9. The molecule has 5 heteroatoms. The molecule has 0 saturated heterocycles. The molecule has 0 radical (unpaired) electrons. The van der Waals surface area contributed by atoms with E-state index in [0.29, 0.717) is 24.5 Å². The van der Waals surface area contributed by atoms with Gasteiger partial charge in [0.15, 0.2) is 0 Å². The van der Waals surface area contributed by atoms with Crippen LogP contribution in [0.1, 0.15) is 31.4 Å². The molecule has 21 heavy (non-hydrogen) atoms. The Balaban J connectivity index is 3.09. The second-order valence-corrected chi connectivity index (χ2v) is 6.93. The van der Waals surface area contributed by atoms with Crippen molar-refractivity contribution in [2.45, 2.75) is 38.6 Å². The van der Waals surface area contributed by atoms with Gasteiger partial charge >= 0.3 is 0 Å². The van der Waals surface area contributed by atoms with Crippen molar-refractivity contribution < 1.29 is 8.42 Å². The Morgan fingerprint density at radius 1 is 1.33 bits per heavy atom. The minimum absolute atomic E-state index is 0.330. The molecule has 0 bridgehead atoms. The normalized spacial score (nSPS) is 11.8. The fourth-order valence-electron chi connectivity index (χ4n) is 2.12. The molecule has 0 fully saturated rings. The second kappa shape index (κ2) is 8.32. The van der Waals surface area contributed by atoms with Gasteiger partial charge in [0.05, 0.1) is 4.90 Å². The quantitative estimate of drug-likeness (QED) is 0.563. The summed E-state index contributed by atoms with van der Waals surface area (Å²) in [6, 6.07) is 5.62. The van der Waals surface area contributed by atoms with Gasteiger partial charge in [0, 0.05) is 19.6 Å². The maximum Gasteiger partial charge on any atom is 0.243 e. The molecule has 4 nitrogen and oxygen atoms in total. The molecule has 0 aliphatic carbocycles. The maximum absolute atomic E-state index is 12.7. The Kier molecular flexibility index (Phi) is 7.08. The zero-order chi connectivity index (χ0) is 15.9. The van der Waals surface area contributed by atoms with Crippen LogP contribution in [0.3, 0.4) is 0 Å². The SMILES string of the molecule is C=CCN(CC)S(=O)(=O)c1cc(CNCCC)ccc1C. The first-order valence-electron chi connectivity index (χ1n) is 7.38. The average molecular weight is 310 g/mol. The number of hydrogen-bond donors (Lipinski definition) is 1. The van der Waals surface area contributed by atoms with Crippen LogP contribution in [0.4, 0.5) is 0 Å². The van der Waals surface area contributed by atoms with E-state index in [1.165, 1.54) is 4.31 Å². The van der Waals surface area contributed by atoms with Crippen molar-refractivity contribution in [2.24, 2.45) is 0 Å². The molecule has 118 valence electrons. The molecule has 1 rings (SSSR count). The van der Waals surface area contributed by atoms with Crippen LogP contribution in [0.15, 0.2) is 35.7 Å². The van der Waals surface area contributed by atoms with Crippen molar-refractivity contribution in [1.82, 2.24) is 9.62 Å². The van der Waals surface area contributed by atoms with Crippen LogP contribution in [0, 0.1) is 6.92 Å². The van der Waals surface area contributed by atoms with E-state index in [1.54, 1.807) is 12.1 Å². The van der Waals surface area contributed by atoms with E-state index in [9.17, 15) is 8.42 Å². The van der Waals surface area contributed by atoms with E-state index in [2.05, 4.69) is 18.8 Å². The molecule has 0 unspecified atom stereocenters. The summed E-state index contributed by atoms with van der Waals surface area (Å²) in [5.74, 6) is 0. The summed E-state index contributed by atoms with van der Waals surface area (Å²) in [5, 5.41) is 3.29. The molecule has 0 amide bonds. The lowest BCUT2D eigenvalue weighted by Crippen LogP contribution is -2.31. The number of likely N-dealkylation sites (N-methyl/N-ethyl adjacent to an activating group) is 1. The van der Waals surface area contributed by atoms with Gasteiger partial charge in [-0.25, -0.2) is 8.42 Å². The van der Waals surface area contributed by atoms with E-state index in [0.717, 1.165) is 24.1 Å². The van der Waals surface area contributed by atoms with Gasteiger partial charge in [0.25, 0.3) is 0 Å². The monoisotopic (exact) mass is 310 g/mol. The van der Waals surface area contributed by atoms with Gasteiger partial charge in [-0.05, 0) is 37.1 Å². The molecule has 0 saturated carbocycles. The number of rotatable bonds is 9. The van der Waals surface area contributed by atoms with E-state index in [1.807, 2.05) is 26.0 Å². The van der Waals surface area contributed by atoms with Crippen LogP contribution in [-0.4, -0.2) is 32.4 Å². The van der Waals surface area contributed by atoms with Crippen LogP contribution in [-0.2, 0) is 16.6 Å². The third-order valence-electron chi connectivity index (χ3n) is 3.31. The highest BCUT2D eigenvalue weighted by Crippen LogP contribution is 2.21. The standard InChI is InChI=1S/C16H26N2O2S/c1-5-10-17-13-15-9-8-14(4)16(12-15)21(19,20)18(7-3)11-6-2/h6,8-9,12,17H,2,5,7,10-11,13H2,1,3-4H3. The van der Waals surface area contributed by atoms with E-state index < -0.39 is 10.0 Å². The molecule has 0 heterocycles. The lowest BCUT2D eigenvalue weighted by atomic mass is 10.1. The fourth-order valence-corrected chi connectivity index (χ4v) is 3.82. The smallest absolute Gasteiger partial charge is 0.243 e. The van der Waals surface area contributed by atoms with Gasteiger partial charge < -0.3 is 5.32 Å². The Morgan fingerprint density at radius 3 is 2.62 bits per heavy atom. The number of aryl methyl sites for hydroxylation is 1. The number of nitrogens with zero attached hydrogens (tertiary/aromatic N) is 1. The number of benzene rings is 1. The van der Waals surface area contributed by atoms with Crippen LogP contribution in [0.5, 0.6) is 0 Å². The Morgan fingerprint density at radius 2 is 2.05 bits per heavy atom. The summed E-state index contributed by atoms with van der Waals surface area (Å²) in [4.78, 5) is 0.391. The molecule has 0 aliphatic rings. The van der Waals surface area contributed by atoms with Gasteiger partial charge in [-0.3, -0.25) is 0 Å². The van der Waals surface area contributed by atoms with Crippen molar-refractivity contribution in [1.29, 1.82) is 0 Å². The van der Waals surface area contributed by atoms with Crippen LogP contribution < -0.4 is 5.32 Å². The molecule has 0 atom stereocenters. The highest BCUT2D eigenvalue weighted by Gasteiger charge is 2.24. The first-order valence-corrected chi connectivity index (χ1v) is 8.82. The number of hydrogen-bond acceptors (Lipinski definition) is 3. The minimum atomic E-state index is -3.46. The van der Waals surface area contributed by atoms with Gasteiger partial charge in [0.2, 0.25) is 10.0 Å². The molecule has 1 N–H and O–H groups in total. The third-order valence-corrected chi connectivity index (χ3v) is 5.39. The summed E-state index contributed by atoms with van der Waals surface area (Å²) < 4.78 is 26.9. The van der Waals surface area contributed by atoms with Gasteiger partial charge in [-0.2, -0.15) is 4.31 Å². The third kappa shape index (κ3) is 4.66. The van der Waals surface area contributed by atoms with E-state index >= 15 is 0 Å². The molecule has 0 aliphatic heterocycles. The minimum Gasteiger partial charge on any atom is -0.313 e. The molecule has 1 aromatic carbocycles. The molecule has 0 aromatic heterocycles. The first-order chi connectivity index (χ1) is 9.97. The van der Waals surface area contributed by atoms with E-state index in [4.69, 9.17) is 0 Å². The Labute approximate surface area is 128 Å². The summed E-state index contributed by atoms with van der Waals surface area (Å²) >= 11 is 0. The molecule has 0 spiro atoms. The van der Waals surface area contributed by atoms with Crippen molar-refractivity contribution in [2.75, 3.05) is 19.6 Å². The average Bonchev–Trinajstić information content (AvgIpc) is 2.46. The van der Waals surface area contributed by atoms with Crippen molar-refractivity contribution in [3.63, 3.8) is 0 Å². The summed E-state index contributed by atoms with van der Waals surface area (Å²) in [6.45, 7) is 11.8. The Hall–Kier alpha value is -1.17. The highest BCUT2D eigenvalue weighted by atomic mass is 32.2. The van der Waals surface area contributed by atoms with Crippen molar-refractivity contribution in [3.8, 4) is 0 Å². The molecular weight excluding hydrogens is 284 g/mol. The topological polar surface area (TPSA) is 49.4 Å². The predicted octanol–water partition coefficient (Wildman–Crippen LogP) is 2.69. The lowest BCUT2D eigenvalue weighted by Gasteiger charge is -2.20. The van der Waals surface area contributed by atoms with Crippen molar-refractivity contribution in [3.05, 3.63) is 42.0 Å². The fraction of sp³-hybridized carbons (Fsp3) is 0.500. The lowest BCUT2D eigenvalue weighted by molar-refractivity contribution is 0.459. The molecular formula is C16H26N2O2S. The highest BCUT2D eigenvalue weighted by molar-refractivity contribution is 7.89. The summed E-state index contributed by atoms with van der Waals surface area (Å²) in [5.41, 5.74) is 1.76. The number of sulfonamides is 1. The predicted molar refractivity (Wildman–Crippen MR) is 87.8 cm³/mol. The van der Waals surface area contributed by atoms with E-state index in [-0.39, 0.29) is 0 Å². The van der Waals surface area contributed by atoms with Crippen LogP contribution in [0.2, 0.25) is 0 Å². The summed E-state index contributed by atoms with van der Waals surface area (Å²) in [6.07, 6.45) is 2.67. The zero-order valence-electron chi connectivity index (χ0n) is 13.2. The van der Waals surface area contributed by atoms with Crippen LogP contribution in [0.25, 0.3) is 0 Å². The Bertz CT molecular complexity index is 568. The molecule has 1 aromatic rings. The summed E-state index contributed by atoms with van der Waals surface area (Å²) in [7, 11) is -3.46. The number of nitrogens with one attached hydrogen (secondary N) is 1. The maximum atomic E-state index is 12.7. The van der Waals surface area contributed by atoms with Gasteiger partial charge in [-0.15, -0.1) is 6.58 Å². The van der Waals surface area contributed by atoms with Gasteiger partial charge in [0.1, 0.15) is 0 Å². The largest absolute Gasteiger partial charge is 0.313 e. The zero-order valence-corrected chi connectivity index (χ0v) is 14.0. The second-order valence-electron chi connectivity index (χ2n) is 5.02. The van der Waals surface area contributed by atoms with Crippen molar-refractivity contribution >= 4 is 10.0 Å². The van der Waals surface area contributed by atoms with Gasteiger partial charge in [-0.1, -0.05) is 32.1 Å². The van der Waals surface area contributed by atoms with Crippen LogP contribution >= 0.6 is 0 Å².